The molecule has 0 saturated carbocycles. The van der Waals surface area contributed by atoms with Gasteiger partial charge in [-0.25, -0.2) is 4.79 Å². The average molecular weight is 796 g/mol. The molecule has 1 saturated heterocycles. The number of allylic oxidation sites excluding steroid dienone is 3. The Morgan fingerprint density at radius 1 is 1.02 bits per heavy atom. The van der Waals surface area contributed by atoms with Crippen molar-refractivity contribution in [2.75, 3.05) is 13.1 Å². The summed E-state index contributed by atoms with van der Waals surface area (Å²) in [7, 11) is 0. The van der Waals surface area contributed by atoms with Gasteiger partial charge < -0.3 is 40.5 Å². The number of nitrogens with one attached hydrogen (secondary N) is 2. The van der Waals surface area contributed by atoms with Gasteiger partial charge in [-0.2, -0.15) is 0 Å². The van der Waals surface area contributed by atoms with Gasteiger partial charge in [0.2, 0.25) is 0 Å². The van der Waals surface area contributed by atoms with E-state index < -0.39 is 60.5 Å². The number of nitrogens with zero attached hydrogens (tertiary/aromatic N) is 3. The largest absolute Gasteiger partial charge is 0.462 e. The number of rotatable bonds is 22. The molecule has 0 aromatic heterocycles. The van der Waals surface area contributed by atoms with Crippen LogP contribution < -0.4 is 10.6 Å². The molecule has 0 aliphatic carbocycles. The Kier molecular flexibility index (Phi) is 20.8. The predicted octanol–water partition coefficient (Wildman–Crippen LogP) is 6.69. The number of benzene rings is 1. The minimum absolute atomic E-state index is 0.143. The fraction of sp³-hybridized carbons (Fsp3) is 0.605. The third-order valence-electron chi connectivity index (χ3n) is 10.8. The first-order valence-corrected chi connectivity index (χ1v) is 19.9. The fourth-order valence-corrected chi connectivity index (χ4v) is 7.18. The van der Waals surface area contributed by atoms with Crippen LogP contribution in [0.15, 0.2) is 78.0 Å². The molecular formula is C43H65N5O9. The summed E-state index contributed by atoms with van der Waals surface area (Å²) in [5.41, 5.74) is 10.3. The Hall–Kier alpha value is -4.46. The van der Waals surface area contributed by atoms with E-state index in [0.717, 1.165) is 5.57 Å². The summed E-state index contributed by atoms with van der Waals surface area (Å²) in [6, 6.07) is 6.30. The number of esters is 1. The number of hydrogen-bond donors (Lipinski definition) is 6. The van der Waals surface area contributed by atoms with Crippen LogP contribution in [-0.4, -0.2) is 88.1 Å². The predicted molar refractivity (Wildman–Crippen MR) is 220 cm³/mol. The highest BCUT2D eigenvalue weighted by Gasteiger charge is 2.41. The maximum absolute atomic E-state index is 12.9. The van der Waals surface area contributed by atoms with Crippen molar-refractivity contribution in [3.05, 3.63) is 88.9 Å². The van der Waals surface area contributed by atoms with Gasteiger partial charge >= 0.3 is 12.1 Å². The monoisotopic (exact) mass is 795 g/mol. The van der Waals surface area contributed by atoms with E-state index in [-0.39, 0.29) is 55.0 Å². The zero-order valence-corrected chi connectivity index (χ0v) is 34.7. The first-order chi connectivity index (χ1) is 26.9. The molecule has 14 nitrogen and oxygen atoms in total. The zero-order chi connectivity index (χ0) is 42.8. The Bertz CT molecular complexity index is 1610. The van der Waals surface area contributed by atoms with Crippen LogP contribution >= 0.6 is 0 Å². The van der Waals surface area contributed by atoms with Crippen LogP contribution in [0.4, 0.5) is 10.5 Å². The van der Waals surface area contributed by atoms with E-state index in [1.807, 2.05) is 53.7 Å². The van der Waals surface area contributed by atoms with Crippen LogP contribution in [0, 0.1) is 41.4 Å². The van der Waals surface area contributed by atoms with Crippen LogP contribution in [0.5, 0.6) is 0 Å². The van der Waals surface area contributed by atoms with E-state index in [9.17, 15) is 34.8 Å². The molecule has 0 bridgehead atoms. The van der Waals surface area contributed by atoms with Crippen LogP contribution in [0.1, 0.15) is 85.0 Å². The summed E-state index contributed by atoms with van der Waals surface area (Å²) in [6.45, 7) is 19.0. The summed E-state index contributed by atoms with van der Waals surface area (Å²) in [6.07, 6.45) is 6.39. The van der Waals surface area contributed by atoms with Gasteiger partial charge in [-0.05, 0) is 50.3 Å². The summed E-state index contributed by atoms with van der Waals surface area (Å²) >= 11 is 0. The molecule has 1 heterocycles. The molecule has 57 heavy (non-hydrogen) atoms. The first kappa shape index (κ1) is 48.7. The zero-order valence-electron chi connectivity index (χ0n) is 34.7. The average Bonchev–Trinajstić information content (AvgIpc) is 3.18. The molecule has 14 heteroatoms. The molecule has 1 aromatic carbocycles. The fourth-order valence-electron chi connectivity index (χ4n) is 7.18. The topological polar surface area (TPSA) is 223 Å². The highest BCUT2D eigenvalue weighted by Crippen LogP contribution is 2.31. The molecule has 0 radical (unpaired) electrons. The number of hydrogen-bond acceptors (Lipinski definition) is 10. The maximum Gasteiger partial charge on any atom is 0.407 e. The quantitative estimate of drug-likeness (QED) is 0.0140. The molecule has 2 rings (SSSR count). The van der Waals surface area contributed by atoms with Crippen LogP contribution in [0.2, 0.25) is 0 Å². The van der Waals surface area contributed by atoms with E-state index in [0.29, 0.717) is 24.1 Å². The summed E-state index contributed by atoms with van der Waals surface area (Å²) < 4.78 is 11.3. The standard InChI is InChI=1S/C43H65N5O9/c1-10-11-14-27(4)40(57-43(55)46-20-13-19-45-41(53)33-15-12-16-34(23-33)47-48-44)31(8)38(51)29(6)22-25(2)21-28(5)37(50)26(3)17-18-35(49)24-36-30(7)39(52)32(9)42(54)56-36/h10-12,14-18,21,23,26-32,35-40,49-52H,1,13,19-20,22,24H2,2-9H3,(H,45,53)(H,46,55)/b14-11-,18-17-,25-21-/t26-,27-,28-,29-,30-,31-,32+,35+,36-,37-,38+,39-,40-/m0/s1. The molecule has 2 amide bonds. The number of alkyl carbamates (subject to hydrolysis) is 1. The van der Waals surface area contributed by atoms with Crippen molar-refractivity contribution >= 4 is 23.7 Å². The maximum atomic E-state index is 12.9. The van der Waals surface area contributed by atoms with Gasteiger partial charge in [0.15, 0.2) is 0 Å². The molecular weight excluding hydrogens is 730 g/mol. The van der Waals surface area contributed by atoms with Gasteiger partial charge in [-0.15, -0.1) is 0 Å². The van der Waals surface area contributed by atoms with Crippen molar-refractivity contribution in [1.29, 1.82) is 0 Å². The minimum Gasteiger partial charge on any atom is -0.462 e. The smallest absolute Gasteiger partial charge is 0.407 e. The lowest BCUT2D eigenvalue weighted by Crippen LogP contribution is -2.47. The lowest BCUT2D eigenvalue weighted by Gasteiger charge is -2.36. The van der Waals surface area contributed by atoms with Gasteiger partial charge in [-0.1, -0.05) is 107 Å². The molecule has 0 unspecified atom stereocenters. The molecule has 1 aliphatic heterocycles. The second kappa shape index (κ2) is 24.3. The van der Waals surface area contributed by atoms with Crippen molar-refractivity contribution in [2.24, 2.45) is 46.5 Å². The van der Waals surface area contributed by atoms with Crippen LogP contribution in [0.25, 0.3) is 10.4 Å². The Morgan fingerprint density at radius 2 is 1.70 bits per heavy atom. The number of aliphatic hydroxyl groups excluding tert-OH is 4. The van der Waals surface area contributed by atoms with Gasteiger partial charge in [0, 0.05) is 65.3 Å². The van der Waals surface area contributed by atoms with Gasteiger partial charge in [0.25, 0.3) is 5.91 Å². The highest BCUT2D eigenvalue weighted by molar-refractivity contribution is 5.94. The molecule has 316 valence electrons. The van der Waals surface area contributed by atoms with E-state index in [1.165, 1.54) is 6.07 Å². The van der Waals surface area contributed by atoms with Crippen molar-refractivity contribution in [3.63, 3.8) is 0 Å². The Morgan fingerprint density at radius 3 is 2.37 bits per heavy atom. The third kappa shape index (κ3) is 15.8. The summed E-state index contributed by atoms with van der Waals surface area (Å²) in [5.74, 6) is -3.20. The molecule has 1 aromatic rings. The SMILES string of the molecule is C=C/C=C\[C@H](C)[C@H](OC(=O)NCCCNC(=O)c1cccc(N=[N+]=[N-])c1)[C@@H](C)[C@H](O)[C@@H](C)C/C(C)=C\[C@H](C)[C@@H](O)[C@@H](C)/C=C\[C@@H](O)C[C@@H]1OC(=O)[C@H](C)[C@@H](O)[C@H]1C. The van der Waals surface area contributed by atoms with Crippen molar-refractivity contribution < 1.29 is 44.3 Å². The van der Waals surface area contributed by atoms with E-state index in [1.54, 1.807) is 56.4 Å². The Balaban J connectivity index is 1.93. The number of carbonyl (C=O) groups is 3. The third-order valence-corrected chi connectivity index (χ3v) is 10.8. The number of azide groups is 1. The number of cyclic esters (lactones) is 1. The van der Waals surface area contributed by atoms with E-state index in [2.05, 4.69) is 27.2 Å². The van der Waals surface area contributed by atoms with Gasteiger partial charge in [0.1, 0.15) is 12.2 Å². The number of ether oxygens (including phenoxy) is 2. The van der Waals surface area contributed by atoms with E-state index >= 15 is 0 Å². The lowest BCUT2D eigenvalue weighted by atomic mass is 9.81. The minimum atomic E-state index is -0.922. The Labute approximate surface area is 337 Å². The second-order valence-electron chi connectivity index (χ2n) is 15.7. The van der Waals surface area contributed by atoms with E-state index in [4.69, 9.17) is 15.0 Å². The van der Waals surface area contributed by atoms with Gasteiger partial charge in [-0.3, -0.25) is 9.59 Å². The lowest BCUT2D eigenvalue weighted by molar-refractivity contribution is -0.179. The second-order valence-corrected chi connectivity index (χ2v) is 15.7. The summed E-state index contributed by atoms with van der Waals surface area (Å²) in [4.78, 5) is 40.2. The molecule has 6 N–H and O–H groups in total. The normalized spacial score (nSPS) is 23.5. The number of aliphatic hydroxyl groups is 4. The molecule has 0 spiro atoms. The molecule has 13 atom stereocenters. The van der Waals surface area contributed by atoms with Gasteiger partial charge in [0.05, 0.1) is 30.3 Å². The highest BCUT2D eigenvalue weighted by atomic mass is 16.6. The van der Waals surface area contributed by atoms with Crippen LogP contribution in [-0.2, 0) is 14.3 Å². The number of carbonyl (C=O) groups excluding carboxylic acids is 3. The molecule has 1 aliphatic rings. The molecule has 1 fully saturated rings. The van der Waals surface area contributed by atoms with Crippen molar-refractivity contribution in [2.45, 2.75) is 111 Å². The van der Waals surface area contributed by atoms with Crippen LogP contribution in [0.3, 0.4) is 0 Å². The van der Waals surface area contributed by atoms with Crippen molar-refractivity contribution in [1.82, 2.24) is 10.6 Å². The first-order valence-electron chi connectivity index (χ1n) is 19.9. The van der Waals surface area contributed by atoms with Crippen molar-refractivity contribution in [3.8, 4) is 0 Å². The summed E-state index contributed by atoms with van der Waals surface area (Å²) in [5, 5.41) is 52.5. The number of amides is 2.